The smallest absolute Gasteiger partial charge is 0.253 e. The minimum atomic E-state index is -0.974. The molecule has 5 nitrogen and oxygen atoms in total. The molecule has 3 heterocycles. The van der Waals surface area contributed by atoms with E-state index in [-0.39, 0.29) is 12.0 Å². The fourth-order valence-corrected chi connectivity index (χ4v) is 4.70. The summed E-state index contributed by atoms with van der Waals surface area (Å²) >= 11 is 1.68. The molecule has 30 heavy (non-hydrogen) atoms. The monoisotopic (exact) mass is 424 g/mol. The van der Waals surface area contributed by atoms with Crippen LogP contribution in [-0.4, -0.2) is 40.8 Å². The Hall–Kier alpha value is -2.17. The fourth-order valence-electron chi connectivity index (χ4n) is 3.80. The van der Waals surface area contributed by atoms with Crippen LogP contribution in [0.3, 0.4) is 0 Å². The summed E-state index contributed by atoms with van der Waals surface area (Å²) in [7, 11) is 0. The third-order valence-electron chi connectivity index (χ3n) is 5.32. The van der Waals surface area contributed by atoms with Crippen molar-refractivity contribution in [2.45, 2.75) is 57.9 Å². The predicted octanol–water partition coefficient (Wildman–Crippen LogP) is 3.55. The molecule has 1 unspecified atom stereocenters. The van der Waals surface area contributed by atoms with Gasteiger partial charge in [0.25, 0.3) is 5.91 Å². The van der Waals surface area contributed by atoms with Crippen LogP contribution in [0.1, 0.15) is 47.6 Å². The van der Waals surface area contributed by atoms with Gasteiger partial charge in [-0.15, -0.1) is 11.3 Å². The van der Waals surface area contributed by atoms with E-state index in [0.717, 1.165) is 49.5 Å². The van der Waals surface area contributed by atoms with E-state index < -0.39 is 5.60 Å². The van der Waals surface area contributed by atoms with Gasteiger partial charge in [0.1, 0.15) is 11.7 Å². The van der Waals surface area contributed by atoms with Gasteiger partial charge in [-0.1, -0.05) is 17.9 Å². The highest BCUT2D eigenvalue weighted by atomic mass is 32.1. The van der Waals surface area contributed by atoms with Crippen molar-refractivity contribution in [2.24, 2.45) is 0 Å². The SMILES string of the molecule is CC(C)(O)C#Cc1ccc(CN2CCc3ccc(NC(=O)C4CCCO4)cc3C2)s1. The summed E-state index contributed by atoms with van der Waals surface area (Å²) in [6.07, 6.45) is 2.44. The van der Waals surface area contributed by atoms with E-state index in [9.17, 15) is 9.90 Å². The molecule has 0 radical (unpaired) electrons. The van der Waals surface area contributed by atoms with Gasteiger partial charge in [0.2, 0.25) is 0 Å². The lowest BCUT2D eigenvalue weighted by Gasteiger charge is -2.28. The van der Waals surface area contributed by atoms with Crippen LogP contribution < -0.4 is 5.32 Å². The van der Waals surface area contributed by atoms with Gasteiger partial charge < -0.3 is 15.2 Å². The zero-order valence-electron chi connectivity index (χ0n) is 17.5. The molecule has 1 fully saturated rings. The summed E-state index contributed by atoms with van der Waals surface area (Å²) in [4.78, 5) is 17.0. The number of anilines is 1. The molecule has 4 rings (SSSR count). The molecule has 1 amide bonds. The zero-order chi connectivity index (χ0) is 21.1. The van der Waals surface area contributed by atoms with Crippen molar-refractivity contribution < 1.29 is 14.6 Å². The van der Waals surface area contributed by atoms with Crippen LogP contribution in [0.4, 0.5) is 5.69 Å². The molecule has 1 saturated heterocycles. The van der Waals surface area contributed by atoms with Gasteiger partial charge in [0.15, 0.2) is 0 Å². The van der Waals surface area contributed by atoms with Crippen molar-refractivity contribution in [1.82, 2.24) is 4.90 Å². The van der Waals surface area contributed by atoms with Crippen LogP contribution in [0.5, 0.6) is 0 Å². The number of nitrogens with zero attached hydrogens (tertiary/aromatic N) is 1. The number of hydrogen-bond acceptors (Lipinski definition) is 5. The number of hydrogen-bond donors (Lipinski definition) is 2. The third kappa shape index (κ3) is 5.50. The zero-order valence-corrected chi connectivity index (χ0v) is 18.3. The molecule has 2 aromatic rings. The first-order chi connectivity index (χ1) is 14.4. The lowest BCUT2D eigenvalue weighted by Crippen LogP contribution is -2.30. The molecule has 2 aliphatic heterocycles. The van der Waals surface area contributed by atoms with Gasteiger partial charge in [-0.25, -0.2) is 0 Å². The van der Waals surface area contributed by atoms with E-state index in [1.54, 1.807) is 25.2 Å². The number of amides is 1. The quantitative estimate of drug-likeness (QED) is 0.737. The molecular formula is C24H28N2O3S. The maximum atomic E-state index is 12.3. The topological polar surface area (TPSA) is 61.8 Å². The van der Waals surface area contributed by atoms with Gasteiger partial charge in [0, 0.05) is 36.8 Å². The third-order valence-corrected chi connectivity index (χ3v) is 6.31. The molecule has 0 aliphatic carbocycles. The summed E-state index contributed by atoms with van der Waals surface area (Å²) in [5.74, 6) is 5.88. The largest absolute Gasteiger partial charge is 0.378 e. The van der Waals surface area contributed by atoms with Crippen molar-refractivity contribution in [3.05, 3.63) is 51.2 Å². The Morgan fingerprint density at radius 2 is 2.20 bits per heavy atom. The Morgan fingerprint density at radius 1 is 1.33 bits per heavy atom. The second kappa shape index (κ2) is 8.91. The Morgan fingerprint density at radius 3 is 2.97 bits per heavy atom. The first-order valence-corrected chi connectivity index (χ1v) is 11.3. The van der Waals surface area contributed by atoms with Crippen LogP contribution in [0.15, 0.2) is 30.3 Å². The standard InChI is InChI=1S/C24H28N2O3S/c1-24(2,28)11-9-20-7-8-21(30-20)16-26-12-10-17-5-6-19(14-18(17)15-26)25-23(27)22-4-3-13-29-22/h5-8,14,22,28H,3-4,10,12-13,15-16H2,1-2H3,(H,25,27). The molecule has 0 bridgehead atoms. The normalized spacial score (nSPS) is 19.1. The highest BCUT2D eigenvalue weighted by Crippen LogP contribution is 2.26. The van der Waals surface area contributed by atoms with E-state index in [2.05, 4.69) is 40.3 Å². The molecule has 0 saturated carbocycles. The van der Waals surface area contributed by atoms with Crippen LogP contribution in [0.25, 0.3) is 0 Å². The molecule has 1 aromatic heterocycles. The van der Waals surface area contributed by atoms with E-state index in [1.165, 1.54) is 16.0 Å². The predicted molar refractivity (Wildman–Crippen MR) is 119 cm³/mol. The van der Waals surface area contributed by atoms with E-state index >= 15 is 0 Å². The van der Waals surface area contributed by atoms with Crippen LogP contribution in [0, 0.1) is 11.8 Å². The van der Waals surface area contributed by atoms with Gasteiger partial charge in [0.05, 0.1) is 4.88 Å². The van der Waals surface area contributed by atoms with Crippen LogP contribution in [0.2, 0.25) is 0 Å². The highest BCUT2D eigenvalue weighted by molar-refractivity contribution is 7.12. The molecule has 1 aromatic carbocycles. The van der Waals surface area contributed by atoms with Gasteiger partial charge in [-0.05, 0) is 68.5 Å². The Bertz CT molecular complexity index is 974. The average Bonchev–Trinajstić information content (AvgIpc) is 3.38. The first kappa shape index (κ1) is 21.1. The number of fused-ring (bicyclic) bond motifs is 1. The van der Waals surface area contributed by atoms with E-state index in [0.29, 0.717) is 6.61 Å². The van der Waals surface area contributed by atoms with Gasteiger partial charge in [-0.3, -0.25) is 9.69 Å². The molecule has 1 atom stereocenters. The van der Waals surface area contributed by atoms with Gasteiger partial charge in [-0.2, -0.15) is 0 Å². The number of nitrogens with one attached hydrogen (secondary N) is 1. The number of carbonyl (C=O) groups is 1. The fraction of sp³-hybridized carbons (Fsp3) is 0.458. The lowest BCUT2D eigenvalue weighted by atomic mass is 9.99. The highest BCUT2D eigenvalue weighted by Gasteiger charge is 2.24. The van der Waals surface area contributed by atoms with Gasteiger partial charge >= 0.3 is 0 Å². The Kier molecular flexibility index (Phi) is 6.26. The summed E-state index contributed by atoms with van der Waals surface area (Å²) < 4.78 is 5.48. The maximum absolute atomic E-state index is 12.3. The minimum absolute atomic E-state index is 0.0432. The number of ether oxygens (including phenoxy) is 1. The summed E-state index contributed by atoms with van der Waals surface area (Å²) in [5, 5.41) is 12.8. The van der Waals surface area contributed by atoms with Crippen molar-refractivity contribution in [1.29, 1.82) is 0 Å². The number of aliphatic hydroxyl groups is 1. The summed E-state index contributed by atoms with van der Waals surface area (Å²) in [6, 6.07) is 10.4. The molecule has 2 aliphatic rings. The van der Waals surface area contributed by atoms with Crippen molar-refractivity contribution in [3.63, 3.8) is 0 Å². The van der Waals surface area contributed by atoms with Crippen molar-refractivity contribution in [3.8, 4) is 11.8 Å². The number of carbonyl (C=O) groups excluding carboxylic acids is 1. The molecule has 0 spiro atoms. The lowest BCUT2D eigenvalue weighted by molar-refractivity contribution is -0.124. The molecule has 158 valence electrons. The second-order valence-electron chi connectivity index (χ2n) is 8.51. The molecule has 2 N–H and O–H groups in total. The Labute approximate surface area is 182 Å². The van der Waals surface area contributed by atoms with Crippen LogP contribution in [-0.2, 0) is 29.0 Å². The average molecular weight is 425 g/mol. The number of benzene rings is 1. The van der Waals surface area contributed by atoms with Crippen molar-refractivity contribution >= 4 is 22.9 Å². The molecular weight excluding hydrogens is 396 g/mol. The van der Waals surface area contributed by atoms with E-state index in [1.807, 2.05) is 12.1 Å². The number of rotatable bonds is 4. The minimum Gasteiger partial charge on any atom is -0.378 e. The van der Waals surface area contributed by atoms with E-state index in [4.69, 9.17) is 4.74 Å². The number of thiophene rings is 1. The summed E-state index contributed by atoms with van der Waals surface area (Å²) in [6.45, 7) is 6.80. The first-order valence-electron chi connectivity index (χ1n) is 10.5. The maximum Gasteiger partial charge on any atom is 0.253 e. The summed E-state index contributed by atoms with van der Waals surface area (Å²) in [5.41, 5.74) is 2.49. The Balaban J connectivity index is 1.38. The van der Waals surface area contributed by atoms with Crippen molar-refractivity contribution in [2.75, 3.05) is 18.5 Å². The second-order valence-corrected chi connectivity index (χ2v) is 9.68. The molecule has 6 heteroatoms. The van der Waals surface area contributed by atoms with Crippen LogP contribution >= 0.6 is 11.3 Å².